The number of nitrogens with zero attached hydrogens (tertiary/aromatic N) is 1. The Kier molecular flexibility index (Phi) is 3.38. The van der Waals surface area contributed by atoms with Crippen LogP contribution in [-0.2, 0) is 10.0 Å². The molecule has 1 aliphatic carbocycles. The zero-order valence-corrected chi connectivity index (χ0v) is 11.9. The van der Waals surface area contributed by atoms with E-state index in [1.54, 1.807) is 33.0 Å². The Morgan fingerprint density at radius 2 is 1.72 bits per heavy atom. The Bertz CT molecular complexity index is 539. The van der Waals surface area contributed by atoms with Crippen LogP contribution in [-0.4, -0.2) is 25.8 Å². The molecule has 2 N–H and O–H groups in total. The highest BCUT2D eigenvalue weighted by Crippen LogP contribution is 2.31. The minimum atomic E-state index is -3.40. The number of rotatable bonds is 3. The normalized spacial score (nSPS) is 16.9. The largest absolute Gasteiger partial charge is 0.399 e. The molecule has 1 aliphatic rings. The third kappa shape index (κ3) is 2.12. The maximum atomic E-state index is 12.6. The predicted molar refractivity (Wildman–Crippen MR) is 72.9 cm³/mol. The topological polar surface area (TPSA) is 63.4 Å². The second-order valence-corrected chi connectivity index (χ2v) is 7.02. The molecule has 0 amide bonds. The van der Waals surface area contributed by atoms with Crippen molar-refractivity contribution in [1.29, 1.82) is 0 Å². The zero-order chi connectivity index (χ0) is 13.5. The van der Waals surface area contributed by atoms with Gasteiger partial charge in [0.25, 0.3) is 0 Å². The van der Waals surface area contributed by atoms with Gasteiger partial charge in [0.2, 0.25) is 10.0 Å². The van der Waals surface area contributed by atoms with Crippen molar-refractivity contribution in [3.63, 3.8) is 0 Å². The first-order valence-electron chi connectivity index (χ1n) is 6.19. The Labute approximate surface area is 109 Å². The SMILES string of the molecule is Cc1cc(N)cc(C)c1S(=O)(=O)N(C)C1CCC1. The zero-order valence-electron chi connectivity index (χ0n) is 11.1. The molecular formula is C13H20N2O2S. The minimum Gasteiger partial charge on any atom is -0.399 e. The second-order valence-electron chi connectivity index (χ2n) is 5.09. The molecule has 0 aliphatic heterocycles. The van der Waals surface area contributed by atoms with Gasteiger partial charge in [0.1, 0.15) is 0 Å². The summed E-state index contributed by atoms with van der Waals surface area (Å²) in [6, 6.07) is 3.59. The number of hydrogen-bond donors (Lipinski definition) is 1. The van der Waals surface area contributed by atoms with E-state index in [1.165, 1.54) is 4.31 Å². The maximum absolute atomic E-state index is 12.6. The molecule has 1 aromatic rings. The highest BCUT2D eigenvalue weighted by molar-refractivity contribution is 7.89. The van der Waals surface area contributed by atoms with Gasteiger partial charge in [-0.3, -0.25) is 0 Å². The average molecular weight is 268 g/mol. The number of anilines is 1. The fourth-order valence-corrected chi connectivity index (χ4v) is 4.30. The van der Waals surface area contributed by atoms with Crippen molar-refractivity contribution >= 4 is 15.7 Å². The van der Waals surface area contributed by atoms with Crippen LogP contribution in [0.15, 0.2) is 17.0 Å². The van der Waals surface area contributed by atoms with E-state index in [9.17, 15) is 8.42 Å². The minimum absolute atomic E-state index is 0.159. The van der Waals surface area contributed by atoms with E-state index < -0.39 is 10.0 Å². The molecule has 0 spiro atoms. The van der Waals surface area contributed by atoms with E-state index in [0.29, 0.717) is 10.6 Å². The van der Waals surface area contributed by atoms with Gasteiger partial charge in [-0.05, 0) is 49.9 Å². The van der Waals surface area contributed by atoms with Crippen LogP contribution in [0.2, 0.25) is 0 Å². The third-order valence-electron chi connectivity index (χ3n) is 3.71. The number of benzene rings is 1. The number of aryl methyl sites for hydroxylation is 2. The first-order valence-corrected chi connectivity index (χ1v) is 7.63. The molecule has 5 heteroatoms. The van der Waals surface area contributed by atoms with Crippen LogP contribution in [0.25, 0.3) is 0 Å². The quantitative estimate of drug-likeness (QED) is 0.853. The molecule has 1 saturated carbocycles. The second kappa shape index (κ2) is 4.55. The van der Waals surface area contributed by atoms with Gasteiger partial charge in [0.05, 0.1) is 4.90 Å². The fourth-order valence-electron chi connectivity index (χ4n) is 2.48. The van der Waals surface area contributed by atoms with Crippen LogP contribution in [0.5, 0.6) is 0 Å². The number of hydrogen-bond acceptors (Lipinski definition) is 3. The summed E-state index contributed by atoms with van der Waals surface area (Å²) in [6.45, 7) is 3.59. The summed E-state index contributed by atoms with van der Waals surface area (Å²) in [7, 11) is -1.72. The van der Waals surface area contributed by atoms with Crippen LogP contribution in [0, 0.1) is 13.8 Å². The highest BCUT2D eigenvalue weighted by atomic mass is 32.2. The first kappa shape index (κ1) is 13.4. The first-order chi connectivity index (χ1) is 8.34. The van der Waals surface area contributed by atoms with Gasteiger partial charge in [-0.25, -0.2) is 8.42 Å². The highest BCUT2D eigenvalue weighted by Gasteiger charge is 2.33. The lowest BCUT2D eigenvalue weighted by Gasteiger charge is -2.34. The third-order valence-corrected chi connectivity index (χ3v) is 5.92. The van der Waals surface area contributed by atoms with E-state index in [-0.39, 0.29) is 6.04 Å². The predicted octanol–water partition coefficient (Wildman–Crippen LogP) is 2.06. The smallest absolute Gasteiger partial charge is 0.243 e. The van der Waals surface area contributed by atoms with Crippen LogP contribution in [0.4, 0.5) is 5.69 Å². The lowest BCUT2D eigenvalue weighted by atomic mass is 9.94. The molecular weight excluding hydrogens is 248 g/mol. The van der Waals surface area contributed by atoms with E-state index >= 15 is 0 Å². The molecule has 0 radical (unpaired) electrons. The Balaban J connectivity index is 2.47. The molecule has 1 fully saturated rings. The van der Waals surface area contributed by atoms with Crippen LogP contribution in [0.3, 0.4) is 0 Å². The maximum Gasteiger partial charge on any atom is 0.243 e. The van der Waals surface area contributed by atoms with Crippen molar-refractivity contribution in [2.75, 3.05) is 12.8 Å². The van der Waals surface area contributed by atoms with Crippen molar-refractivity contribution in [1.82, 2.24) is 4.31 Å². The molecule has 0 bridgehead atoms. The lowest BCUT2D eigenvalue weighted by molar-refractivity contribution is 0.249. The Morgan fingerprint density at radius 1 is 1.22 bits per heavy atom. The molecule has 4 nitrogen and oxygen atoms in total. The van der Waals surface area contributed by atoms with Gasteiger partial charge >= 0.3 is 0 Å². The monoisotopic (exact) mass is 268 g/mol. The van der Waals surface area contributed by atoms with Crippen molar-refractivity contribution in [3.05, 3.63) is 23.3 Å². The summed E-state index contributed by atoms with van der Waals surface area (Å²) in [6.07, 6.45) is 3.04. The van der Waals surface area contributed by atoms with Crippen molar-refractivity contribution in [2.45, 2.75) is 44.0 Å². The molecule has 0 aromatic heterocycles. The van der Waals surface area contributed by atoms with E-state index in [2.05, 4.69) is 0 Å². The summed E-state index contributed by atoms with van der Waals surface area (Å²) in [5.41, 5.74) is 7.79. The summed E-state index contributed by atoms with van der Waals surface area (Å²) >= 11 is 0. The van der Waals surface area contributed by atoms with E-state index in [0.717, 1.165) is 30.4 Å². The molecule has 2 rings (SSSR count). The van der Waals surface area contributed by atoms with Gasteiger partial charge in [-0.15, -0.1) is 0 Å². The summed E-state index contributed by atoms with van der Waals surface area (Å²) in [5, 5.41) is 0. The van der Waals surface area contributed by atoms with Gasteiger partial charge < -0.3 is 5.73 Å². The summed E-state index contributed by atoms with van der Waals surface area (Å²) in [5.74, 6) is 0. The van der Waals surface area contributed by atoms with Crippen molar-refractivity contribution in [3.8, 4) is 0 Å². The van der Waals surface area contributed by atoms with Crippen LogP contribution < -0.4 is 5.73 Å². The Morgan fingerprint density at radius 3 is 2.11 bits per heavy atom. The number of nitrogens with two attached hydrogens (primary N) is 1. The molecule has 0 unspecified atom stereocenters. The van der Waals surface area contributed by atoms with Gasteiger partial charge in [0.15, 0.2) is 0 Å². The van der Waals surface area contributed by atoms with Gasteiger partial charge in [0, 0.05) is 18.8 Å². The van der Waals surface area contributed by atoms with Crippen molar-refractivity contribution in [2.24, 2.45) is 0 Å². The molecule has 0 atom stereocenters. The summed E-state index contributed by atoms with van der Waals surface area (Å²) in [4.78, 5) is 0.408. The lowest BCUT2D eigenvalue weighted by Crippen LogP contribution is -2.41. The van der Waals surface area contributed by atoms with Gasteiger partial charge in [-0.2, -0.15) is 4.31 Å². The fraction of sp³-hybridized carbons (Fsp3) is 0.538. The molecule has 100 valence electrons. The number of nitrogen functional groups attached to an aromatic ring is 1. The molecule has 0 saturated heterocycles. The molecule has 0 heterocycles. The summed E-state index contributed by atoms with van der Waals surface area (Å²) < 4.78 is 26.7. The Hall–Kier alpha value is -1.07. The average Bonchev–Trinajstić information content (AvgIpc) is 2.11. The van der Waals surface area contributed by atoms with E-state index in [1.807, 2.05) is 0 Å². The number of sulfonamides is 1. The van der Waals surface area contributed by atoms with Crippen LogP contribution in [0.1, 0.15) is 30.4 Å². The molecule has 1 aromatic carbocycles. The van der Waals surface area contributed by atoms with E-state index in [4.69, 9.17) is 5.73 Å². The van der Waals surface area contributed by atoms with Gasteiger partial charge in [-0.1, -0.05) is 6.42 Å². The van der Waals surface area contributed by atoms with Crippen LogP contribution >= 0.6 is 0 Å². The van der Waals surface area contributed by atoms with Crippen molar-refractivity contribution < 1.29 is 8.42 Å². The molecule has 18 heavy (non-hydrogen) atoms. The standard InChI is InChI=1S/C13H20N2O2S/c1-9-7-11(14)8-10(2)13(9)18(16,17)15(3)12-5-4-6-12/h7-8,12H,4-6,14H2,1-3H3.